The molecular weight excluding hydrogens is 482 g/mol. The van der Waals surface area contributed by atoms with Gasteiger partial charge in [-0.1, -0.05) is 91.0 Å². The van der Waals surface area contributed by atoms with Gasteiger partial charge in [0, 0.05) is 6.42 Å². The Morgan fingerprint density at radius 1 is 0.974 bits per heavy atom. The van der Waals surface area contributed by atoms with Crippen LogP contribution >= 0.6 is 0 Å². The lowest BCUT2D eigenvalue weighted by molar-refractivity contribution is -0.142. The molecule has 0 aliphatic carbocycles. The summed E-state index contributed by atoms with van der Waals surface area (Å²) in [5, 5.41) is 21.5. The van der Waals surface area contributed by atoms with Crippen LogP contribution in [0.2, 0.25) is 0 Å². The van der Waals surface area contributed by atoms with Crippen LogP contribution in [0.25, 0.3) is 11.2 Å². The van der Waals surface area contributed by atoms with Crippen LogP contribution < -0.4 is 11.3 Å². The fraction of sp³-hybridized carbons (Fsp3) is 0.207. The van der Waals surface area contributed by atoms with Crippen molar-refractivity contribution in [3.63, 3.8) is 0 Å². The number of fused-ring (bicyclic) bond motifs is 1. The quantitative estimate of drug-likeness (QED) is 0.258. The molecule has 3 heterocycles. The molecule has 3 atom stereocenters. The maximum Gasteiger partial charge on any atom is 0.280 e. The van der Waals surface area contributed by atoms with Crippen molar-refractivity contribution < 1.29 is 14.9 Å². The van der Waals surface area contributed by atoms with Gasteiger partial charge in [-0.25, -0.2) is 4.98 Å². The number of benzene rings is 3. The predicted octanol–water partition coefficient (Wildman–Crippen LogP) is 2.53. The summed E-state index contributed by atoms with van der Waals surface area (Å²) in [6, 6.07) is 29.6. The second-order valence-electron chi connectivity index (χ2n) is 9.48. The van der Waals surface area contributed by atoms with Crippen molar-refractivity contribution in [2.75, 3.05) is 12.3 Å². The van der Waals surface area contributed by atoms with Gasteiger partial charge in [-0.05, 0) is 16.7 Å². The monoisotopic (exact) mass is 509 g/mol. The van der Waals surface area contributed by atoms with Crippen LogP contribution in [-0.4, -0.2) is 48.5 Å². The van der Waals surface area contributed by atoms with E-state index in [4.69, 9.17) is 10.5 Å². The van der Waals surface area contributed by atoms with Gasteiger partial charge in [0.1, 0.15) is 6.10 Å². The number of nitrogens with zero attached hydrogens (tertiary/aromatic N) is 3. The molecule has 3 aromatic carbocycles. The van der Waals surface area contributed by atoms with Crippen molar-refractivity contribution >= 4 is 17.1 Å². The van der Waals surface area contributed by atoms with E-state index >= 15 is 0 Å². The largest absolute Gasteiger partial charge is 0.394 e. The van der Waals surface area contributed by atoms with Gasteiger partial charge in [0.15, 0.2) is 16.9 Å². The minimum atomic E-state index is -1.42. The van der Waals surface area contributed by atoms with Crippen LogP contribution in [0.4, 0.5) is 5.95 Å². The van der Waals surface area contributed by atoms with Crippen LogP contribution in [0.1, 0.15) is 23.1 Å². The Labute approximate surface area is 218 Å². The number of nitrogens with one attached hydrogen (secondary N) is 1. The SMILES string of the molecule is Nc1nc2c(ncn2[C@@]2(C(c3ccccc3)(c3ccccc3)c3ccccc3)C[C@H](O)[C@@H](CO)O2)c(=O)[nH]1. The summed E-state index contributed by atoms with van der Waals surface area (Å²) in [6.45, 7) is -0.403. The number of nitrogen functional groups attached to an aromatic ring is 1. The number of H-pyrrole nitrogens is 1. The Morgan fingerprint density at radius 2 is 1.50 bits per heavy atom. The van der Waals surface area contributed by atoms with Gasteiger partial charge in [0.25, 0.3) is 5.56 Å². The van der Waals surface area contributed by atoms with E-state index in [1.54, 1.807) is 4.57 Å². The first-order valence-electron chi connectivity index (χ1n) is 12.4. The molecule has 1 fully saturated rings. The molecule has 1 saturated heterocycles. The zero-order valence-electron chi connectivity index (χ0n) is 20.4. The van der Waals surface area contributed by atoms with E-state index in [2.05, 4.69) is 15.0 Å². The first kappa shape index (κ1) is 24.1. The lowest BCUT2D eigenvalue weighted by atomic mass is 9.61. The van der Waals surface area contributed by atoms with E-state index in [1.165, 1.54) is 6.33 Å². The summed E-state index contributed by atoms with van der Waals surface area (Å²) in [7, 11) is 0. The molecule has 5 aromatic rings. The van der Waals surface area contributed by atoms with Crippen molar-refractivity contribution in [2.45, 2.75) is 29.8 Å². The number of hydrogen-bond acceptors (Lipinski definition) is 7. The van der Waals surface area contributed by atoms with E-state index in [0.29, 0.717) is 0 Å². The molecule has 1 aliphatic rings. The molecule has 9 heteroatoms. The minimum absolute atomic E-state index is 0.0662. The molecule has 5 N–H and O–H groups in total. The van der Waals surface area contributed by atoms with Crippen molar-refractivity contribution in [2.24, 2.45) is 0 Å². The Bertz CT molecular complexity index is 1520. The highest BCUT2D eigenvalue weighted by atomic mass is 16.6. The van der Waals surface area contributed by atoms with Crippen molar-refractivity contribution in [1.29, 1.82) is 0 Å². The lowest BCUT2D eigenvalue weighted by Gasteiger charge is -2.50. The molecular formula is C29H27N5O4. The molecule has 6 rings (SSSR count). The Kier molecular flexibility index (Phi) is 5.83. The summed E-state index contributed by atoms with van der Waals surface area (Å²) in [6.07, 6.45) is -0.353. The number of aromatic amines is 1. The third-order valence-electron chi connectivity index (χ3n) is 7.46. The van der Waals surface area contributed by atoms with E-state index in [1.807, 2.05) is 91.0 Å². The standard InChI is InChI=1S/C29H27N5O4/c30-27-32-25-24(26(37)33-27)31-18-34(25)28(16-22(36)23(17-35)38-28)29(19-10-4-1-5-11-19,20-12-6-2-7-13-20)21-14-8-3-9-15-21/h1-15,18,22-23,35-36H,16-17H2,(H3,30,32,33,37)/t22-,23+,28-/m0/s1. The minimum Gasteiger partial charge on any atom is -0.394 e. The van der Waals surface area contributed by atoms with Crippen LogP contribution in [0.3, 0.4) is 0 Å². The van der Waals surface area contributed by atoms with Gasteiger partial charge in [-0.15, -0.1) is 0 Å². The van der Waals surface area contributed by atoms with Crippen LogP contribution in [-0.2, 0) is 15.9 Å². The highest BCUT2D eigenvalue weighted by molar-refractivity contribution is 5.71. The summed E-state index contributed by atoms with van der Waals surface area (Å²) in [5.41, 5.74) is 5.92. The van der Waals surface area contributed by atoms with Gasteiger partial charge >= 0.3 is 0 Å². The number of nitrogens with two attached hydrogens (primary N) is 1. The molecule has 38 heavy (non-hydrogen) atoms. The molecule has 0 amide bonds. The number of aliphatic hydroxyl groups is 2. The normalized spacial score (nSPS) is 21.6. The number of anilines is 1. The highest BCUT2D eigenvalue weighted by Crippen LogP contribution is 2.57. The first-order chi connectivity index (χ1) is 18.5. The predicted molar refractivity (Wildman–Crippen MR) is 142 cm³/mol. The van der Waals surface area contributed by atoms with Crippen molar-refractivity contribution in [3.05, 3.63) is 124 Å². The second kappa shape index (κ2) is 9.21. The van der Waals surface area contributed by atoms with Gasteiger partial charge in [-0.2, -0.15) is 4.98 Å². The number of ether oxygens (including phenoxy) is 1. The maximum atomic E-state index is 12.8. The average molecular weight is 510 g/mol. The second-order valence-corrected chi connectivity index (χ2v) is 9.48. The molecule has 1 aliphatic heterocycles. The molecule has 9 nitrogen and oxygen atoms in total. The lowest BCUT2D eigenvalue weighted by Crippen LogP contribution is -2.55. The van der Waals surface area contributed by atoms with Crippen LogP contribution in [0, 0.1) is 0 Å². The number of aliphatic hydroxyl groups excluding tert-OH is 2. The fourth-order valence-corrected chi connectivity index (χ4v) is 5.96. The van der Waals surface area contributed by atoms with E-state index in [9.17, 15) is 15.0 Å². The molecule has 192 valence electrons. The summed E-state index contributed by atoms with van der Waals surface area (Å²) < 4.78 is 8.50. The average Bonchev–Trinajstić information content (AvgIpc) is 3.53. The van der Waals surface area contributed by atoms with Gasteiger partial charge < -0.3 is 20.7 Å². The molecule has 0 bridgehead atoms. The topological polar surface area (TPSA) is 139 Å². The van der Waals surface area contributed by atoms with Gasteiger partial charge in [0.2, 0.25) is 5.95 Å². The zero-order chi connectivity index (χ0) is 26.3. The van der Waals surface area contributed by atoms with E-state index in [-0.39, 0.29) is 23.5 Å². The van der Waals surface area contributed by atoms with Crippen LogP contribution in [0.5, 0.6) is 0 Å². The number of aromatic nitrogens is 4. The van der Waals surface area contributed by atoms with Gasteiger partial charge in [0.05, 0.1) is 24.5 Å². The molecule has 0 radical (unpaired) electrons. The zero-order valence-corrected chi connectivity index (χ0v) is 20.4. The smallest absolute Gasteiger partial charge is 0.280 e. The molecule has 0 unspecified atom stereocenters. The number of imidazole rings is 1. The molecule has 0 saturated carbocycles. The summed E-state index contributed by atoms with van der Waals surface area (Å²) >= 11 is 0. The highest BCUT2D eigenvalue weighted by Gasteiger charge is 2.63. The van der Waals surface area contributed by atoms with E-state index in [0.717, 1.165) is 16.7 Å². The van der Waals surface area contributed by atoms with Gasteiger partial charge in [-0.3, -0.25) is 14.3 Å². The van der Waals surface area contributed by atoms with E-state index < -0.39 is 35.5 Å². The number of hydrogen-bond donors (Lipinski definition) is 4. The summed E-state index contributed by atoms with van der Waals surface area (Å²) in [5.74, 6) is -0.0682. The Balaban J connectivity index is 1.82. The fourth-order valence-electron chi connectivity index (χ4n) is 5.96. The molecule has 0 spiro atoms. The third kappa shape index (κ3) is 3.40. The maximum absolute atomic E-state index is 12.8. The summed E-state index contributed by atoms with van der Waals surface area (Å²) in [4.78, 5) is 24.1. The van der Waals surface area contributed by atoms with Crippen LogP contribution in [0.15, 0.2) is 102 Å². The Hall–Kier alpha value is -4.31. The van der Waals surface area contributed by atoms with Crippen molar-refractivity contribution in [1.82, 2.24) is 19.5 Å². The third-order valence-corrected chi connectivity index (χ3v) is 7.46. The molecule has 2 aromatic heterocycles. The first-order valence-corrected chi connectivity index (χ1v) is 12.4. The number of rotatable bonds is 6. The Morgan fingerprint density at radius 3 is 1.97 bits per heavy atom. The van der Waals surface area contributed by atoms with Crippen molar-refractivity contribution in [3.8, 4) is 0 Å².